The molecule has 1 aliphatic heterocycles. The smallest absolute Gasteiger partial charge is 0.262 e. The molecule has 1 saturated heterocycles. The molecule has 0 radical (unpaired) electrons. The van der Waals surface area contributed by atoms with Gasteiger partial charge in [0.15, 0.2) is 5.82 Å². The van der Waals surface area contributed by atoms with Gasteiger partial charge in [-0.05, 0) is 61.4 Å². The van der Waals surface area contributed by atoms with E-state index >= 15 is 0 Å². The van der Waals surface area contributed by atoms with Gasteiger partial charge in [-0.15, -0.1) is 5.10 Å². The highest BCUT2D eigenvalue weighted by Crippen LogP contribution is 2.28. The molecule has 1 aromatic heterocycles. The Morgan fingerprint density at radius 3 is 2.39 bits per heavy atom. The molecule has 174 valence electrons. The molecule has 0 amide bonds. The first kappa shape index (κ1) is 22.8. The second-order valence-corrected chi connectivity index (χ2v) is 9.37. The van der Waals surface area contributed by atoms with E-state index in [1.165, 1.54) is 0 Å². The lowest BCUT2D eigenvalue weighted by molar-refractivity contribution is 0.122. The molecule has 0 aliphatic carbocycles. The van der Waals surface area contributed by atoms with Crippen LogP contribution in [0.3, 0.4) is 0 Å². The molecule has 2 N–H and O–H groups in total. The Morgan fingerprint density at radius 2 is 1.70 bits per heavy atom. The van der Waals surface area contributed by atoms with E-state index in [4.69, 9.17) is 9.47 Å². The number of aromatic nitrogens is 2. The Kier molecular flexibility index (Phi) is 6.66. The summed E-state index contributed by atoms with van der Waals surface area (Å²) >= 11 is 0. The fourth-order valence-corrected chi connectivity index (χ4v) is 5.03. The number of anilines is 4. The van der Waals surface area contributed by atoms with E-state index in [9.17, 15) is 8.42 Å². The van der Waals surface area contributed by atoms with Crippen LogP contribution in [0.4, 0.5) is 22.9 Å². The SMILES string of the molecule is COc1ccc(S(=O)(=O)Nc2ccc(Nc3cc(N4CCOCC4)cnn3)cc2)c(C)c1C. The number of rotatable bonds is 7. The molecular formula is C23H27N5O4S. The van der Waals surface area contributed by atoms with Crippen LogP contribution < -0.4 is 19.7 Å². The summed E-state index contributed by atoms with van der Waals surface area (Å²) in [6.45, 7) is 6.62. The van der Waals surface area contributed by atoms with Gasteiger partial charge in [0.05, 0.1) is 37.1 Å². The van der Waals surface area contributed by atoms with Crippen molar-refractivity contribution in [3.05, 3.63) is 59.8 Å². The summed E-state index contributed by atoms with van der Waals surface area (Å²) in [5, 5.41) is 11.4. The van der Waals surface area contributed by atoms with Crippen molar-refractivity contribution < 1.29 is 17.9 Å². The fourth-order valence-electron chi connectivity index (χ4n) is 3.67. The molecule has 4 rings (SSSR count). The summed E-state index contributed by atoms with van der Waals surface area (Å²) in [5.74, 6) is 1.26. The minimum Gasteiger partial charge on any atom is -0.496 e. The Labute approximate surface area is 193 Å². The van der Waals surface area contributed by atoms with Crippen molar-refractivity contribution in [2.75, 3.05) is 48.4 Å². The lowest BCUT2D eigenvalue weighted by atomic mass is 10.1. The number of morpholine rings is 1. The zero-order valence-corrected chi connectivity index (χ0v) is 19.6. The van der Waals surface area contributed by atoms with Gasteiger partial charge < -0.3 is 19.7 Å². The van der Waals surface area contributed by atoms with Crippen molar-refractivity contribution in [3.63, 3.8) is 0 Å². The Morgan fingerprint density at radius 1 is 1.00 bits per heavy atom. The van der Waals surface area contributed by atoms with Gasteiger partial charge in [-0.3, -0.25) is 4.72 Å². The van der Waals surface area contributed by atoms with Crippen LogP contribution in [0.2, 0.25) is 0 Å². The number of methoxy groups -OCH3 is 1. The number of nitrogens with one attached hydrogen (secondary N) is 2. The maximum atomic E-state index is 12.9. The third-order valence-corrected chi connectivity index (χ3v) is 7.15. The second kappa shape index (κ2) is 9.63. The first-order chi connectivity index (χ1) is 15.9. The average molecular weight is 470 g/mol. The molecule has 10 heteroatoms. The third kappa shape index (κ3) is 5.18. The van der Waals surface area contributed by atoms with Gasteiger partial charge in [0.2, 0.25) is 0 Å². The predicted molar refractivity (Wildman–Crippen MR) is 128 cm³/mol. The summed E-state index contributed by atoms with van der Waals surface area (Å²) in [7, 11) is -2.18. The lowest BCUT2D eigenvalue weighted by Gasteiger charge is -2.28. The molecule has 0 atom stereocenters. The van der Waals surface area contributed by atoms with Crippen LogP contribution >= 0.6 is 0 Å². The van der Waals surface area contributed by atoms with E-state index in [0.717, 1.165) is 30.0 Å². The highest BCUT2D eigenvalue weighted by molar-refractivity contribution is 7.92. The summed E-state index contributed by atoms with van der Waals surface area (Å²) in [6.07, 6.45) is 1.73. The van der Waals surface area contributed by atoms with Crippen molar-refractivity contribution in [2.24, 2.45) is 0 Å². The number of nitrogens with zero attached hydrogens (tertiary/aromatic N) is 3. The fraction of sp³-hybridized carbons (Fsp3) is 0.304. The van der Waals surface area contributed by atoms with Gasteiger partial charge in [0.1, 0.15) is 5.75 Å². The summed E-state index contributed by atoms with van der Waals surface area (Å²) in [4.78, 5) is 2.42. The number of benzene rings is 2. The molecular weight excluding hydrogens is 442 g/mol. The minimum absolute atomic E-state index is 0.221. The lowest BCUT2D eigenvalue weighted by Crippen LogP contribution is -2.36. The molecule has 3 aromatic rings. The van der Waals surface area contributed by atoms with E-state index in [1.807, 2.05) is 13.0 Å². The van der Waals surface area contributed by atoms with Crippen LogP contribution in [0.5, 0.6) is 5.75 Å². The van der Waals surface area contributed by atoms with Crippen LogP contribution in [0, 0.1) is 13.8 Å². The first-order valence-corrected chi connectivity index (χ1v) is 12.1. The Bertz CT molecular complexity index is 1230. The molecule has 0 bridgehead atoms. The van der Waals surface area contributed by atoms with E-state index < -0.39 is 10.0 Å². The van der Waals surface area contributed by atoms with E-state index in [2.05, 4.69) is 25.1 Å². The van der Waals surface area contributed by atoms with Crippen LogP contribution in [0.1, 0.15) is 11.1 Å². The standard InChI is InChI=1S/C23H27N5O4S/c1-16-17(2)22(9-8-21(16)31-3)33(29,30)27-19-6-4-18(5-7-19)25-23-14-20(15-24-26-23)28-10-12-32-13-11-28/h4-9,14-15,27H,10-13H2,1-3H3,(H,25,26). The first-order valence-electron chi connectivity index (χ1n) is 10.6. The maximum absolute atomic E-state index is 12.9. The molecule has 2 heterocycles. The van der Waals surface area contributed by atoms with Crippen molar-refractivity contribution in [2.45, 2.75) is 18.7 Å². The van der Waals surface area contributed by atoms with Crippen LogP contribution in [0.15, 0.2) is 53.6 Å². The van der Waals surface area contributed by atoms with Gasteiger partial charge in [-0.1, -0.05) is 0 Å². The quantitative estimate of drug-likeness (QED) is 0.542. The largest absolute Gasteiger partial charge is 0.496 e. The monoisotopic (exact) mass is 469 g/mol. The molecule has 1 fully saturated rings. The summed E-state index contributed by atoms with van der Waals surface area (Å²) in [6, 6.07) is 12.1. The van der Waals surface area contributed by atoms with Crippen LogP contribution in [-0.2, 0) is 14.8 Å². The van der Waals surface area contributed by atoms with Crippen molar-refractivity contribution >= 4 is 32.9 Å². The van der Waals surface area contributed by atoms with Gasteiger partial charge in [0.25, 0.3) is 10.0 Å². The number of hydrogen-bond acceptors (Lipinski definition) is 8. The average Bonchev–Trinajstić information content (AvgIpc) is 2.82. The van der Waals surface area contributed by atoms with E-state index in [-0.39, 0.29) is 4.90 Å². The van der Waals surface area contributed by atoms with Crippen molar-refractivity contribution in [1.82, 2.24) is 10.2 Å². The highest BCUT2D eigenvalue weighted by atomic mass is 32.2. The summed E-state index contributed by atoms with van der Waals surface area (Å²) < 4.78 is 39.2. The summed E-state index contributed by atoms with van der Waals surface area (Å²) in [5.41, 5.74) is 3.65. The molecule has 0 spiro atoms. The number of ether oxygens (including phenoxy) is 2. The molecule has 0 unspecified atom stereocenters. The topological polar surface area (TPSA) is 106 Å². The van der Waals surface area contributed by atoms with Crippen molar-refractivity contribution in [1.29, 1.82) is 0 Å². The Balaban J connectivity index is 1.46. The molecule has 0 saturated carbocycles. The normalized spacial score (nSPS) is 14.1. The van der Waals surface area contributed by atoms with Gasteiger partial charge in [0, 0.05) is 30.5 Å². The number of hydrogen-bond donors (Lipinski definition) is 2. The Hall–Kier alpha value is -3.37. The molecule has 33 heavy (non-hydrogen) atoms. The predicted octanol–water partition coefficient (Wildman–Crippen LogP) is 3.48. The van der Waals surface area contributed by atoms with Gasteiger partial charge in [-0.25, -0.2) is 8.42 Å². The molecule has 2 aromatic carbocycles. The minimum atomic E-state index is -3.75. The van der Waals surface area contributed by atoms with E-state index in [1.54, 1.807) is 56.6 Å². The van der Waals surface area contributed by atoms with Crippen LogP contribution in [0.25, 0.3) is 0 Å². The second-order valence-electron chi connectivity index (χ2n) is 7.72. The van der Waals surface area contributed by atoms with Crippen molar-refractivity contribution in [3.8, 4) is 5.75 Å². The van der Waals surface area contributed by atoms with Crippen LogP contribution in [-0.4, -0.2) is 52.0 Å². The van der Waals surface area contributed by atoms with E-state index in [0.29, 0.717) is 36.0 Å². The highest BCUT2D eigenvalue weighted by Gasteiger charge is 2.20. The maximum Gasteiger partial charge on any atom is 0.262 e. The van der Waals surface area contributed by atoms with Gasteiger partial charge in [-0.2, -0.15) is 5.10 Å². The molecule has 9 nitrogen and oxygen atoms in total. The number of sulfonamides is 1. The third-order valence-electron chi connectivity index (χ3n) is 5.62. The van der Waals surface area contributed by atoms with Gasteiger partial charge >= 0.3 is 0 Å². The zero-order valence-electron chi connectivity index (χ0n) is 18.8. The zero-order chi connectivity index (χ0) is 23.4. The molecule has 1 aliphatic rings.